The molecule has 0 bridgehead atoms. The van der Waals surface area contributed by atoms with Crippen LogP contribution in [0.2, 0.25) is 0 Å². The van der Waals surface area contributed by atoms with Crippen LogP contribution in [-0.2, 0) is 0 Å². The summed E-state index contributed by atoms with van der Waals surface area (Å²) < 4.78 is 10.3. The number of methoxy groups -OCH3 is 2. The molecule has 0 saturated carbocycles. The molecule has 0 amide bonds. The number of nitrogens with zero attached hydrogens (tertiary/aromatic N) is 1. The SMILES string of the molecule is COc1ccc(OC)c(N=Cc2cc(C(=O)O)ccc2O)c1. The Kier molecular flexibility index (Phi) is 4.63. The number of phenolic OH excluding ortho intramolecular Hbond substituents is 1. The minimum atomic E-state index is -1.08. The molecule has 0 unspecified atom stereocenters. The zero-order valence-electron chi connectivity index (χ0n) is 12.1. The fourth-order valence-electron chi connectivity index (χ4n) is 1.83. The van der Waals surface area contributed by atoms with Gasteiger partial charge in [0.2, 0.25) is 0 Å². The number of benzene rings is 2. The molecule has 0 spiro atoms. The predicted octanol–water partition coefficient (Wildman–Crippen LogP) is 2.86. The summed E-state index contributed by atoms with van der Waals surface area (Å²) in [7, 11) is 3.06. The van der Waals surface area contributed by atoms with E-state index in [0.29, 0.717) is 22.7 Å². The molecule has 0 heterocycles. The monoisotopic (exact) mass is 301 g/mol. The van der Waals surface area contributed by atoms with Crippen molar-refractivity contribution < 1.29 is 24.5 Å². The van der Waals surface area contributed by atoms with Crippen LogP contribution in [0, 0.1) is 0 Å². The van der Waals surface area contributed by atoms with Crippen LogP contribution in [0.5, 0.6) is 17.2 Å². The Morgan fingerprint density at radius 1 is 1.14 bits per heavy atom. The lowest BCUT2D eigenvalue weighted by Crippen LogP contribution is -1.97. The zero-order chi connectivity index (χ0) is 16.1. The summed E-state index contributed by atoms with van der Waals surface area (Å²) >= 11 is 0. The number of rotatable bonds is 5. The highest BCUT2D eigenvalue weighted by Crippen LogP contribution is 2.31. The topological polar surface area (TPSA) is 88.4 Å². The van der Waals surface area contributed by atoms with E-state index in [4.69, 9.17) is 14.6 Å². The summed E-state index contributed by atoms with van der Waals surface area (Å²) in [6.07, 6.45) is 1.37. The molecule has 22 heavy (non-hydrogen) atoms. The fourth-order valence-corrected chi connectivity index (χ4v) is 1.83. The van der Waals surface area contributed by atoms with Gasteiger partial charge in [0.05, 0.1) is 19.8 Å². The molecule has 0 saturated heterocycles. The third-order valence-electron chi connectivity index (χ3n) is 3.00. The van der Waals surface area contributed by atoms with Crippen LogP contribution in [0.1, 0.15) is 15.9 Å². The second kappa shape index (κ2) is 6.62. The van der Waals surface area contributed by atoms with Crippen LogP contribution in [0.3, 0.4) is 0 Å². The van der Waals surface area contributed by atoms with E-state index < -0.39 is 5.97 Å². The van der Waals surface area contributed by atoms with Crippen LogP contribution in [-0.4, -0.2) is 36.6 Å². The summed E-state index contributed by atoms with van der Waals surface area (Å²) in [6.45, 7) is 0. The van der Waals surface area contributed by atoms with Crippen molar-refractivity contribution in [2.24, 2.45) is 4.99 Å². The van der Waals surface area contributed by atoms with Gasteiger partial charge in [0.25, 0.3) is 0 Å². The summed E-state index contributed by atoms with van der Waals surface area (Å²) in [4.78, 5) is 15.2. The minimum Gasteiger partial charge on any atom is -0.507 e. The lowest BCUT2D eigenvalue weighted by Gasteiger charge is -2.07. The molecule has 2 aromatic carbocycles. The van der Waals surface area contributed by atoms with E-state index in [9.17, 15) is 9.90 Å². The van der Waals surface area contributed by atoms with Gasteiger partial charge in [0.15, 0.2) is 0 Å². The zero-order valence-corrected chi connectivity index (χ0v) is 12.1. The normalized spacial score (nSPS) is 10.6. The summed E-state index contributed by atoms with van der Waals surface area (Å²) in [6, 6.07) is 9.09. The van der Waals surface area contributed by atoms with Gasteiger partial charge in [0, 0.05) is 17.8 Å². The number of aliphatic imine (C=N–C) groups is 1. The summed E-state index contributed by atoms with van der Waals surface area (Å²) in [5, 5.41) is 18.8. The molecule has 0 aliphatic rings. The van der Waals surface area contributed by atoms with Gasteiger partial charge in [-0.3, -0.25) is 4.99 Å². The average molecular weight is 301 g/mol. The van der Waals surface area contributed by atoms with Gasteiger partial charge in [0.1, 0.15) is 22.9 Å². The summed E-state index contributed by atoms with van der Waals surface area (Å²) in [5.41, 5.74) is 0.864. The predicted molar refractivity (Wildman–Crippen MR) is 81.9 cm³/mol. The largest absolute Gasteiger partial charge is 0.507 e. The summed E-state index contributed by atoms with van der Waals surface area (Å²) in [5.74, 6) is 0.00612. The second-order valence-electron chi connectivity index (χ2n) is 4.37. The van der Waals surface area contributed by atoms with Gasteiger partial charge in [-0.1, -0.05) is 0 Å². The Morgan fingerprint density at radius 2 is 1.91 bits per heavy atom. The van der Waals surface area contributed by atoms with Crippen LogP contribution < -0.4 is 9.47 Å². The van der Waals surface area contributed by atoms with Crippen molar-refractivity contribution in [3.05, 3.63) is 47.5 Å². The number of hydrogen-bond acceptors (Lipinski definition) is 5. The van der Waals surface area contributed by atoms with E-state index in [2.05, 4.69) is 4.99 Å². The maximum Gasteiger partial charge on any atom is 0.335 e. The molecule has 0 atom stereocenters. The highest BCUT2D eigenvalue weighted by Gasteiger charge is 2.07. The third-order valence-corrected chi connectivity index (χ3v) is 3.00. The first kappa shape index (κ1) is 15.4. The Balaban J connectivity index is 2.40. The van der Waals surface area contributed by atoms with Gasteiger partial charge < -0.3 is 19.7 Å². The highest BCUT2D eigenvalue weighted by molar-refractivity contribution is 5.93. The Hall–Kier alpha value is -3.02. The molecule has 0 aliphatic carbocycles. The number of hydrogen-bond donors (Lipinski definition) is 2. The van der Waals surface area contributed by atoms with E-state index in [0.717, 1.165) is 0 Å². The number of ether oxygens (including phenoxy) is 2. The van der Waals surface area contributed by atoms with Crippen LogP contribution in [0.4, 0.5) is 5.69 Å². The Bertz CT molecular complexity index is 724. The first-order valence-electron chi connectivity index (χ1n) is 6.37. The van der Waals surface area contributed by atoms with Gasteiger partial charge in [-0.15, -0.1) is 0 Å². The first-order valence-corrected chi connectivity index (χ1v) is 6.37. The third kappa shape index (κ3) is 3.35. The molecule has 2 N–H and O–H groups in total. The van der Waals surface area contributed by atoms with Crippen molar-refractivity contribution in [2.75, 3.05) is 14.2 Å². The molecule has 0 aliphatic heterocycles. The number of aromatic carboxylic acids is 1. The van der Waals surface area contributed by atoms with E-state index in [1.165, 1.54) is 38.6 Å². The number of carboxylic acids is 1. The van der Waals surface area contributed by atoms with Gasteiger partial charge in [-0.25, -0.2) is 4.79 Å². The molecule has 2 rings (SSSR count). The van der Waals surface area contributed by atoms with E-state index >= 15 is 0 Å². The van der Waals surface area contributed by atoms with Crippen LogP contribution in [0.15, 0.2) is 41.4 Å². The molecule has 6 heteroatoms. The van der Waals surface area contributed by atoms with Crippen LogP contribution >= 0.6 is 0 Å². The number of aromatic hydroxyl groups is 1. The van der Waals surface area contributed by atoms with E-state index in [-0.39, 0.29) is 11.3 Å². The van der Waals surface area contributed by atoms with Crippen LogP contribution in [0.25, 0.3) is 0 Å². The molecule has 114 valence electrons. The minimum absolute atomic E-state index is 0.0596. The van der Waals surface area contributed by atoms with Crippen molar-refractivity contribution in [3.63, 3.8) is 0 Å². The molecular formula is C16H15NO5. The Morgan fingerprint density at radius 3 is 2.55 bits per heavy atom. The average Bonchev–Trinajstić information content (AvgIpc) is 2.53. The fraction of sp³-hybridized carbons (Fsp3) is 0.125. The van der Waals surface area contributed by atoms with Crippen molar-refractivity contribution in [1.29, 1.82) is 0 Å². The molecule has 2 aromatic rings. The second-order valence-corrected chi connectivity index (χ2v) is 4.37. The number of carboxylic acid groups (broad SMARTS) is 1. The smallest absolute Gasteiger partial charge is 0.335 e. The maximum atomic E-state index is 11.0. The highest BCUT2D eigenvalue weighted by atomic mass is 16.5. The number of carbonyl (C=O) groups is 1. The first-order chi connectivity index (χ1) is 10.5. The molecule has 0 aromatic heterocycles. The molecule has 0 fully saturated rings. The van der Waals surface area contributed by atoms with Gasteiger partial charge in [-0.05, 0) is 30.3 Å². The molecular weight excluding hydrogens is 286 g/mol. The standard InChI is InChI=1S/C16H15NO5/c1-21-12-4-6-15(22-2)13(8-12)17-9-11-7-10(16(19)20)3-5-14(11)18/h3-9,18H,1-2H3,(H,19,20). The van der Waals surface area contributed by atoms with Gasteiger partial charge in [-0.2, -0.15) is 0 Å². The quantitative estimate of drug-likeness (QED) is 0.829. The maximum absolute atomic E-state index is 11.0. The van der Waals surface area contributed by atoms with Crippen molar-refractivity contribution >= 4 is 17.9 Å². The van der Waals surface area contributed by atoms with Crippen molar-refractivity contribution in [3.8, 4) is 17.2 Å². The number of phenols is 1. The molecule has 6 nitrogen and oxygen atoms in total. The molecule has 0 radical (unpaired) electrons. The Labute approximate surface area is 127 Å². The van der Waals surface area contributed by atoms with E-state index in [1.807, 2.05) is 0 Å². The van der Waals surface area contributed by atoms with Crippen molar-refractivity contribution in [2.45, 2.75) is 0 Å². The van der Waals surface area contributed by atoms with E-state index in [1.54, 1.807) is 18.2 Å². The van der Waals surface area contributed by atoms with Crippen molar-refractivity contribution in [1.82, 2.24) is 0 Å². The lowest BCUT2D eigenvalue weighted by molar-refractivity contribution is 0.0697. The lowest BCUT2D eigenvalue weighted by atomic mass is 10.1. The van der Waals surface area contributed by atoms with Gasteiger partial charge >= 0.3 is 5.97 Å².